The van der Waals surface area contributed by atoms with E-state index in [-0.39, 0.29) is 0 Å². The Morgan fingerprint density at radius 2 is 1.94 bits per heavy atom. The molecule has 0 amide bonds. The van der Waals surface area contributed by atoms with Gasteiger partial charge in [-0.1, -0.05) is 0 Å². The van der Waals surface area contributed by atoms with Crippen molar-refractivity contribution in [2.24, 2.45) is 5.41 Å². The molecule has 0 atom stereocenters. The first-order chi connectivity index (χ1) is 7.95. The highest BCUT2D eigenvalue weighted by Gasteiger charge is 2.26. The summed E-state index contributed by atoms with van der Waals surface area (Å²) in [6.07, 6.45) is 0. The molecule has 0 aliphatic carbocycles. The largest absolute Gasteiger partial charge is 0.494 e. The monoisotopic (exact) mass is 254 g/mol. The van der Waals surface area contributed by atoms with Crippen LogP contribution in [0.5, 0.6) is 5.75 Å². The number of hydrogen-bond acceptors (Lipinski definition) is 3. The number of aliphatic carboxylic acids is 1. The van der Waals surface area contributed by atoms with Crippen molar-refractivity contribution in [3.05, 3.63) is 24.3 Å². The van der Waals surface area contributed by atoms with Gasteiger partial charge in [-0.3, -0.25) is 4.79 Å². The van der Waals surface area contributed by atoms with Crippen LogP contribution in [0.3, 0.4) is 0 Å². The van der Waals surface area contributed by atoms with Crippen molar-refractivity contribution in [3.8, 4) is 5.75 Å². The fraction of sp³-hybridized carbons (Fsp3) is 0.462. The quantitative estimate of drug-likeness (QED) is 0.791. The highest BCUT2D eigenvalue weighted by Crippen LogP contribution is 2.28. The van der Waals surface area contributed by atoms with Crippen molar-refractivity contribution in [1.29, 1.82) is 0 Å². The summed E-state index contributed by atoms with van der Waals surface area (Å²) in [6.45, 7) is 6.06. The minimum Gasteiger partial charge on any atom is -0.494 e. The molecule has 1 aromatic carbocycles. The molecule has 0 spiro atoms. The molecule has 0 aliphatic heterocycles. The maximum Gasteiger partial charge on any atom is 0.309 e. The van der Waals surface area contributed by atoms with Gasteiger partial charge in [-0.2, -0.15) is 0 Å². The van der Waals surface area contributed by atoms with Crippen LogP contribution in [0.4, 0.5) is 0 Å². The van der Waals surface area contributed by atoms with Gasteiger partial charge in [0.05, 0.1) is 12.0 Å². The third kappa shape index (κ3) is 4.30. The van der Waals surface area contributed by atoms with Crippen molar-refractivity contribution < 1.29 is 14.6 Å². The van der Waals surface area contributed by atoms with E-state index in [0.29, 0.717) is 12.4 Å². The van der Waals surface area contributed by atoms with Crippen LogP contribution in [0, 0.1) is 5.41 Å². The van der Waals surface area contributed by atoms with Crippen LogP contribution < -0.4 is 4.74 Å². The van der Waals surface area contributed by atoms with Crippen molar-refractivity contribution in [2.75, 3.05) is 12.4 Å². The van der Waals surface area contributed by atoms with Crippen LogP contribution >= 0.6 is 11.8 Å². The van der Waals surface area contributed by atoms with Gasteiger partial charge in [0.25, 0.3) is 0 Å². The zero-order valence-corrected chi connectivity index (χ0v) is 11.2. The summed E-state index contributed by atoms with van der Waals surface area (Å²) in [5.41, 5.74) is -0.705. The molecular weight excluding hydrogens is 236 g/mol. The van der Waals surface area contributed by atoms with Crippen LogP contribution in [0.1, 0.15) is 20.8 Å². The second-order valence-electron chi connectivity index (χ2n) is 4.38. The molecule has 0 unspecified atom stereocenters. The van der Waals surface area contributed by atoms with Crippen LogP contribution in [0.2, 0.25) is 0 Å². The number of carboxylic acid groups (broad SMARTS) is 1. The van der Waals surface area contributed by atoms with Gasteiger partial charge in [0, 0.05) is 10.6 Å². The van der Waals surface area contributed by atoms with E-state index in [1.165, 1.54) is 0 Å². The third-order valence-corrected chi connectivity index (χ3v) is 3.78. The predicted molar refractivity (Wildman–Crippen MR) is 69.8 cm³/mol. The second-order valence-corrected chi connectivity index (χ2v) is 5.43. The molecule has 0 heterocycles. The number of carbonyl (C=O) groups is 1. The highest BCUT2D eigenvalue weighted by molar-refractivity contribution is 7.99. The lowest BCUT2D eigenvalue weighted by Gasteiger charge is -2.18. The van der Waals surface area contributed by atoms with E-state index in [0.717, 1.165) is 10.6 Å². The molecule has 17 heavy (non-hydrogen) atoms. The fourth-order valence-corrected chi connectivity index (χ4v) is 2.10. The van der Waals surface area contributed by atoms with Gasteiger partial charge in [-0.25, -0.2) is 0 Å². The van der Waals surface area contributed by atoms with Gasteiger partial charge in [-0.15, -0.1) is 11.8 Å². The summed E-state index contributed by atoms with van der Waals surface area (Å²) in [7, 11) is 0. The molecule has 1 rings (SSSR count). The predicted octanol–water partition coefficient (Wildman–Crippen LogP) is 3.29. The van der Waals surface area contributed by atoms with E-state index in [9.17, 15) is 4.79 Å². The summed E-state index contributed by atoms with van der Waals surface area (Å²) in [6, 6.07) is 7.71. The first kappa shape index (κ1) is 13.9. The Labute approximate surface area is 106 Å². The first-order valence-corrected chi connectivity index (χ1v) is 6.53. The van der Waals surface area contributed by atoms with Gasteiger partial charge < -0.3 is 9.84 Å². The molecule has 0 fully saturated rings. The lowest BCUT2D eigenvalue weighted by molar-refractivity contribution is -0.145. The summed E-state index contributed by atoms with van der Waals surface area (Å²) in [4.78, 5) is 12.0. The Kier molecular flexibility index (Phi) is 4.87. The molecule has 3 nitrogen and oxygen atoms in total. The second kappa shape index (κ2) is 5.96. The average molecular weight is 254 g/mol. The highest BCUT2D eigenvalue weighted by atomic mass is 32.2. The van der Waals surface area contributed by atoms with Crippen molar-refractivity contribution in [1.82, 2.24) is 0 Å². The number of thioether (sulfide) groups is 1. The van der Waals surface area contributed by atoms with E-state index < -0.39 is 11.4 Å². The summed E-state index contributed by atoms with van der Waals surface area (Å²) in [5.74, 6) is 0.626. The van der Waals surface area contributed by atoms with Gasteiger partial charge in [-0.05, 0) is 45.0 Å². The number of hydrogen-bond donors (Lipinski definition) is 1. The molecule has 0 radical (unpaired) electrons. The number of rotatable bonds is 6. The third-order valence-electron chi connectivity index (χ3n) is 2.31. The SMILES string of the molecule is CCOc1ccc(SCC(C)(C)C(=O)O)cc1. The Bertz CT molecular complexity index is 371. The average Bonchev–Trinajstić information content (AvgIpc) is 2.28. The number of ether oxygens (including phenoxy) is 1. The Morgan fingerprint density at radius 1 is 1.35 bits per heavy atom. The van der Waals surface area contributed by atoms with Gasteiger partial charge in [0.2, 0.25) is 0 Å². The molecule has 1 aromatic rings. The van der Waals surface area contributed by atoms with Gasteiger partial charge >= 0.3 is 5.97 Å². The van der Waals surface area contributed by atoms with Crippen LogP contribution in [-0.4, -0.2) is 23.4 Å². The Balaban J connectivity index is 2.55. The molecule has 0 saturated carbocycles. The Morgan fingerprint density at radius 3 is 2.41 bits per heavy atom. The molecule has 0 aliphatic rings. The lowest BCUT2D eigenvalue weighted by atomic mass is 9.97. The number of carboxylic acids is 1. The van der Waals surface area contributed by atoms with E-state index in [1.54, 1.807) is 25.6 Å². The van der Waals surface area contributed by atoms with Crippen LogP contribution in [0.25, 0.3) is 0 Å². The lowest BCUT2D eigenvalue weighted by Crippen LogP contribution is -2.26. The van der Waals surface area contributed by atoms with E-state index >= 15 is 0 Å². The minimum absolute atomic E-state index is 0.552. The normalized spacial score (nSPS) is 11.2. The maximum absolute atomic E-state index is 10.9. The standard InChI is InChI=1S/C13H18O3S/c1-4-16-10-5-7-11(8-6-10)17-9-13(2,3)12(14)15/h5-8H,4,9H2,1-3H3,(H,14,15). The van der Waals surface area contributed by atoms with Crippen molar-refractivity contribution in [3.63, 3.8) is 0 Å². The maximum atomic E-state index is 10.9. The van der Waals surface area contributed by atoms with Crippen molar-refractivity contribution >= 4 is 17.7 Å². The zero-order chi connectivity index (χ0) is 12.9. The minimum atomic E-state index is -0.768. The van der Waals surface area contributed by atoms with E-state index in [1.807, 2.05) is 31.2 Å². The molecule has 1 N–H and O–H groups in total. The summed E-state index contributed by atoms with van der Waals surface area (Å²) < 4.78 is 5.34. The Hall–Kier alpha value is -1.16. The van der Waals surface area contributed by atoms with Crippen LogP contribution in [-0.2, 0) is 4.79 Å². The van der Waals surface area contributed by atoms with E-state index in [2.05, 4.69) is 0 Å². The zero-order valence-electron chi connectivity index (χ0n) is 10.4. The summed E-state index contributed by atoms with van der Waals surface area (Å²) in [5, 5.41) is 9.00. The molecule has 0 bridgehead atoms. The molecule has 94 valence electrons. The molecular formula is C13H18O3S. The number of benzene rings is 1. The fourth-order valence-electron chi connectivity index (χ4n) is 1.12. The topological polar surface area (TPSA) is 46.5 Å². The summed E-state index contributed by atoms with van der Waals surface area (Å²) >= 11 is 1.55. The smallest absolute Gasteiger partial charge is 0.309 e. The first-order valence-electron chi connectivity index (χ1n) is 5.55. The molecule has 4 heteroatoms. The molecule has 0 saturated heterocycles. The van der Waals surface area contributed by atoms with Crippen molar-refractivity contribution in [2.45, 2.75) is 25.7 Å². The van der Waals surface area contributed by atoms with Gasteiger partial charge in [0.1, 0.15) is 5.75 Å². The van der Waals surface area contributed by atoms with E-state index in [4.69, 9.17) is 9.84 Å². The molecule has 0 aromatic heterocycles. The van der Waals surface area contributed by atoms with Gasteiger partial charge in [0.15, 0.2) is 0 Å². The van der Waals surface area contributed by atoms with Crippen LogP contribution in [0.15, 0.2) is 29.2 Å².